The van der Waals surface area contributed by atoms with E-state index in [9.17, 15) is 0 Å². The van der Waals surface area contributed by atoms with Gasteiger partial charge in [0.15, 0.2) is 11.5 Å². The highest BCUT2D eigenvalue weighted by Crippen LogP contribution is 2.38. The molecule has 4 heteroatoms. The fraction of sp³-hybridized carbons (Fsp3) is 0.647. The van der Waals surface area contributed by atoms with Crippen molar-refractivity contribution in [2.24, 2.45) is 11.7 Å². The van der Waals surface area contributed by atoms with Gasteiger partial charge in [-0.1, -0.05) is 31.4 Å². The molecular weight excluding hydrogens is 286 g/mol. The smallest absolute Gasteiger partial charge is 0.179 e. The van der Waals surface area contributed by atoms with E-state index in [4.69, 9.17) is 26.8 Å². The first-order valence-electron chi connectivity index (χ1n) is 7.88. The predicted molar refractivity (Wildman–Crippen MR) is 87.4 cm³/mol. The number of hydrogen-bond acceptors (Lipinski definition) is 3. The number of benzene rings is 1. The van der Waals surface area contributed by atoms with Crippen LogP contribution in [0.15, 0.2) is 12.1 Å². The number of ether oxygens (including phenoxy) is 2. The molecule has 1 aromatic carbocycles. The Morgan fingerprint density at radius 1 is 1.33 bits per heavy atom. The molecule has 1 aromatic rings. The van der Waals surface area contributed by atoms with Gasteiger partial charge in [-0.3, -0.25) is 0 Å². The van der Waals surface area contributed by atoms with Gasteiger partial charge in [-0.2, -0.15) is 0 Å². The van der Waals surface area contributed by atoms with Crippen LogP contribution < -0.4 is 15.2 Å². The van der Waals surface area contributed by atoms with Crippen LogP contribution >= 0.6 is 11.6 Å². The minimum Gasteiger partial charge on any atom is -0.493 e. The molecule has 3 nitrogen and oxygen atoms in total. The fourth-order valence-electron chi connectivity index (χ4n) is 2.86. The van der Waals surface area contributed by atoms with Gasteiger partial charge in [0.25, 0.3) is 0 Å². The van der Waals surface area contributed by atoms with E-state index in [2.05, 4.69) is 6.92 Å². The van der Waals surface area contributed by atoms with E-state index < -0.39 is 0 Å². The highest BCUT2D eigenvalue weighted by atomic mass is 35.5. The van der Waals surface area contributed by atoms with E-state index in [0.29, 0.717) is 22.4 Å². The van der Waals surface area contributed by atoms with Crippen LogP contribution in [0.2, 0.25) is 5.02 Å². The van der Waals surface area contributed by atoms with Gasteiger partial charge in [0.2, 0.25) is 0 Å². The van der Waals surface area contributed by atoms with Crippen molar-refractivity contribution in [3.63, 3.8) is 0 Å². The van der Waals surface area contributed by atoms with E-state index in [0.717, 1.165) is 25.0 Å². The SMILES string of the molecule is CCC(N)Cc1cc(Cl)c(OCC2CCCC2)c(OC)c1. The van der Waals surface area contributed by atoms with Crippen molar-refractivity contribution in [3.8, 4) is 11.5 Å². The molecule has 1 fully saturated rings. The summed E-state index contributed by atoms with van der Waals surface area (Å²) in [7, 11) is 1.65. The maximum atomic E-state index is 6.38. The molecule has 1 saturated carbocycles. The molecule has 118 valence electrons. The summed E-state index contributed by atoms with van der Waals surface area (Å²) < 4.78 is 11.4. The first-order chi connectivity index (χ1) is 10.1. The lowest BCUT2D eigenvalue weighted by atomic mass is 10.0. The maximum absolute atomic E-state index is 6.38. The van der Waals surface area contributed by atoms with Crippen LogP contribution in [0.5, 0.6) is 11.5 Å². The van der Waals surface area contributed by atoms with Crippen molar-refractivity contribution in [2.75, 3.05) is 13.7 Å². The molecule has 0 spiro atoms. The molecule has 0 bridgehead atoms. The van der Waals surface area contributed by atoms with Crippen LogP contribution in [-0.4, -0.2) is 19.8 Å². The molecule has 2 N–H and O–H groups in total. The Hall–Kier alpha value is -0.930. The molecule has 0 saturated heterocycles. The Kier molecular flexibility index (Phi) is 6.19. The minimum atomic E-state index is 0.149. The Morgan fingerprint density at radius 3 is 2.67 bits per heavy atom. The molecule has 1 atom stereocenters. The normalized spacial score (nSPS) is 17.0. The molecule has 1 aliphatic rings. The van der Waals surface area contributed by atoms with Crippen LogP contribution in [0.25, 0.3) is 0 Å². The molecule has 1 aliphatic carbocycles. The summed E-state index contributed by atoms with van der Waals surface area (Å²) in [5.74, 6) is 2.03. The van der Waals surface area contributed by atoms with Crippen LogP contribution in [0.1, 0.15) is 44.6 Å². The highest BCUT2D eigenvalue weighted by molar-refractivity contribution is 6.32. The van der Waals surface area contributed by atoms with E-state index in [1.54, 1.807) is 7.11 Å². The lowest BCUT2D eigenvalue weighted by Gasteiger charge is -2.17. The lowest BCUT2D eigenvalue weighted by Crippen LogP contribution is -2.21. The molecule has 1 unspecified atom stereocenters. The van der Waals surface area contributed by atoms with E-state index in [1.807, 2.05) is 12.1 Å². The van der Waals surface area contributed by atoms with E-state index in [1.165, 1.54) is 25.7 Å². The van der Waals surface area contributed by atoms with Gasteiger partial charge >= 0.3 is 0 Å². The lowest BCUT2D eigenvalue weighted by molar-refractivity contribution is 0.241. The Balaban J connectivity index is 2.08. The largest absolute Gasteiger partial charge is 0.493 e. The molecular formula is C17H26ClNO2. The Morgan fingerprint density at radius 2 is 2.05 bits per heavy atom. The molecule has 0 amide bonds. The standard InChI is InChI=1S/C17H26ClNO2/c1-3-14(19)8-13-9-15(18)17(16(10-13)20-2)21-11-12-6-4-5-7-12/h9-10,12,14H,3-8,11,19H2,1-2H3. The summed E-state index contributed by atoms with van der Waals surface area (Å²) in [6.45, 7) is 2.81. The zero-order valence-corrected chi connectivity index (χ0v) is 13.8. The molecule has 2 rings (SSSR count). The summed E-state index contributed by atoms with van der Waals surface area (Å²) >= 11 is 6.38. The van der Waals surface area contributed by atoms with Crippen molar-refractivity contribution in [1.29, 1.82) is 0 Å². The summed E-state index contributed by atoms with van der Waals surface area (Å²) in [4.78, 5) is 0. The number of hydrogen-bond donors (Lipinski definition) is 1. The summed E-state index contributed by atoms with van der Waals surface area (Å²) in [6.07, 6.45) is 6.88. The molecule has 0 radical (unpaired) electrons. The third-order valence-electron chi connectivity index (χ3n) is 4.25. The van der Waals surface area contributed by atoms with Gasteiger partial charge in [-0.25, -0.2) is 0 Å². The van der Waals surface area contributed by atoms with Gasteiger partial charge in [0.1, 0.15) is 0 Å². The second-order valence-electron chi connectivity index (χ2n) is 5.94. The van der Waals surface area contributed by atoms with Crippen molar-refractivity contribution in [3.05, 3.63) is 22.7 Å². The summed E-state index contributed by atoms with van der Waals surface area (Å²) in [5, 5.41) is 0.616. The number of halogens is 1. The molecule has 0 aromatic heterocycles. The summed E-state index contributed by atoms with van der Waals surface area (Å²) in [5.41, 5.74) is 7.11. The van der Waals surface area contributed by atoms with E-state index in [-0.39, 0.29) is 6.04 Å². The van der Waals surface area contributed by atoms with Gasteiger partial charge in [0, 0.05) is 6.04 Å². The zero-order valence-electron chi connectivity index (χ0n) is 13.0. The second-order valence-corrected chi connectivity index (χ2v) is 6.35. The third kappa shape index (κ3) is 4.52. The fourth-order valence-corrected chi connectivity index (χ4v) is 3.14. The number of methoxy groups -OCH3 is 1. The van der Waals surface area contributed by atoms with Crippen molar-refractivity contribution < 1.29 is 9.47 Å². The predicted octanol–water partition coefficient (Wildman–Crippen LogP) is 4.20. The van der Waals surface area contributed by atoms with Crippen molar-refractivity contribution in [1.82, 2.24) is 0 Å². The van der Waals surface area contributed by atoms with Gasteiger partial charge < -0.3 is 15.2 Å². The van der Waals surface area contributed by atoms with Crippen LogP contribution in [0.3, 0.4) is 0 Å². The minimum absolute atomic E-state index is 0.149. The third-order valence-corrected chi connectivity index (χ3v) is 4.53. The second kappa shape index (κ2) is 7.90. The Bertz CT molecular complexity index is 458. The first kappa shape index (κ1) is 16.4. The van der Waals surface area contributed by atoms with E-state index >= 15 is 0 Å². The first-order valence-corrected chi connectivity index (χ1v) is 8.26. The van der Waals surface area contributed by atoms with Crippen LogP contribution in [-0.2, 0) is 6.42 Å². The van der Waals surface area contributed by atoms with Crippen molar-refractivity contribution >= 4 is 11.6 Å². The molecule has 21 heavy (non-hydrogen) atoms. The molecule has 0 aliphatic heterocycles. The van der Waals surface area contributed by atoms with Gasteiger partial charge in [-0.15, -0.1) is 0 Å². The van der Waals surface area contributed by atoms with Crippen molar-refractivity contribution in [2.45, 2.75) is 51.5 Å². The highest BCUT2D eigenvalue weighted by Gasteiger charge is 2.18. The quantitative estimate of drug-likeness (QED) is 0.821. The van der Waals surface area contributed by atoms with Gasteiger partial charge in [0.05, 0.1) is 18.7 Å². The Labute approximate surface area is 132 Å². The average Bonchev–Trinajstić information content (AvgIpc) is 2.98. The summed E-state index contributed by atoms with van der Waals surface area (Å²) in [6, 6.07) is 4.09. The van der Waals surface area contributed by atoms with Crippen LogP contribution in [0.4, 0.5) is 0 Å². The van der Waals surface area contributed by atoms with Gasteiger partial charge in [-0.05, 0) is 49.3 Å². The zero-order chi connectivity index (χ0) is 15.2. The number of rotatable bonds is 7. The topological polar surface area (TPSA) is 44.5 Å². The van der Waals surface area contributed by atoms with Crippen LogP contribution in [0, 0.1) is 5.92 Å². The monoisotopic (exact) mass is 311 g/mol. The number of nitrogens with two attached hydrogens (primary N) is 1. The average molecular weight is 312 g/mol. The maximum Gasteiger partial charge on any atom is 0.179 e. The molecule has 0 heterocycles.